The molecule has 5 heteroatoms. The average molecular weight is 310 g/mol. The van der Waals surface area contributed by atoms with Gasteiger partial charge in [-0.15, -0.1) is 0 Å². The molecule has 0 heterocycles. The van der Waals surface area contributed by atoms with E-state index < -0.39 is 10.1 Å². The van der Waals surface area contributed by atoms with E-state index in [0.29, 0.717) is 0 Å². The van der Waals surface area contributed by atoms with Crippen LogP contribution in [0.2, 0.25) is 0 Å². The van der Waals surface area contributed by atoms with E-state index >= 15 is 0 Å². The zero-order valence-electron chi connectivity index (χ0n) is 10.9. The average Bonchev–Trinajstić information content (AvgIpc) is 2.33. The topological polar surface area (TPSA) is 54.4 Å². The number of hydrogen-bond acceptors (Lipinski definition) is 2. The number of unbranched alkanes of at least 4 members (excludes halogenated alkanes) is 5. The third kappa shape index (κ3) is 8.60. The van der Waals surface area contributed by atoms with Gasteiger partial charge in [-0.2, -0.15) is 8.42 Å². The van der Waals surface area contributed by atoms with Crippen LogP contribution in [-0.2, 0) is 16.5 Å². The van der Waals surface area contributed by atoms with Crippen LogP contribution in [0.1, 0.15) is 51.0 Å². The maximum atomic E-state index is 10.9. The molecule has 19 heavy (non-hydrogen) atoms. The fourth-order valence-corrected chi connectivity index (χ4v) is 2.42. The molecule has 104 valence electrons. The van der Waals surface area contributed by atoms with Crippen LogP contribution >= 0.6 is 0 Å². The van der Waals surface area contributed by atoms with Crippen molar-refractivity contribution in [2.45, 2.75) is 56.8 Å². The molecule has 1 N–H and O–H groups in total. The van der Waals surface area contributed by atoms with E-state index in [0.717, 1.165) is 18.4 Å². The molecule has 1 aromatic carbocycles. The van der Waals surface area contributed by atoms with Gasteiger partial charge in [-0.25, -0.2) is 0 Å². The fraction of sp³-hybridized carbons (Fsp3) is 0.571. The molecule has 0 bridgehead atoms. The molecule has 0 aliphatic heterocycles. The van der Waals surface area contributed by atoms with Crippen LogP contribution in [0.25, 0.3) is 0 Å². The number of hydrogen-bond donors (Lipinski definition) is 1. The second kappa shape index (κ2) is 10.5. The Labute approximate surface area is 159 Å². The van der Waals surface area contributed by atoms with Crippen LogP contribution < -0.4 is 0 Å². The Hall–Kier alpha value is 0.766. The predicted octanol–water partition coefficient (Wildman–Crippen LogP) is 3.19. The summed E-state index contributed by atoms with van der Waals surface area (Å²) in [4.78, 5) is -0.0332. The summed E-state index contributed by atoms with van der Waals surface area (Å²) in [7, 11) is -4.06. The number of rotatable bonds is 8. The first-order valence-electron chi connectivity index (χ1n) is 6.60. The van der Waals surface area contributed by atoms with Crippen molar-refractivity contribution >= 4 is 61.5 Å². The van der Waals surface area contributed by atoms with Crippen molar-refractivity contribution < 1.29 is 13.0 Å². The normalized spacial score (nSPS) is 11.1. The molecule has 3 nitrogen and oxygen atoms in total. The van der Waals surface area contributed by atoms with Crippen LogP contribution in [0.15, 0.2) is 29.2 Å². The molecule has 0 unspecified atom stereocenters. The molecule has 0 aliphatic rings. The Bertz CT molecular complexity index is 440. The zero-order chi connectivity index (χ0) is 13.4. The van der Waals surface area contributed by atoms with E-state index in [9.17, 15) is 8.42 Å². The Balaban J connectivity index is 0.00000324. The van der Waals surface area contributed by atoms with Crippen LogP contribution in [0.5, 0.6) is 0 Å². The van der Waals surface area contributed by atoms with E-state index in [2.05, 4.69) is 6.92 Å². The zero-order valence-corrected chi connectivity index (χ0v) is 11.7. The molecule has 0 saturated carbocycles. The molecule has 0 fully saturated rings. The summed E-state index contributed by atoms with van der Waals surface area (Å²) < 4.78 is 30.6. The van der Waals surface area contributed by atoms with Gasteiger partial charge in [-0.05, 0) is 30.5 Å². The third-order valence-corrected chi connectivity index (χ3v) is 3.91. The maximum absolute atomic E-state index is 10.9. The Morgan fingerprint density at radius 1 is 0.947 bits per heavy atom. The molecule has 0 atom stereocenters. The van der Waals surface area contributed by atoms with E-state index in [1.165, 1.54) is 44.2 Å². The molecule has 1 aromatic rings. The third-order valence-electron chi connectivity index (χ3n) is 3.04. The molecular formula is C14H23KO3S. The quantitative estimate of drug-likeness (QED) is 0.456. The van der Waals surface area contributed by atoms with Gasteiger partial charge in [0.15, 0.2) is 0 Å². The number of benzene rings is 1. The van der Waals surface area contributed by atoms with E-state index in [1.54, 1.807) is 12.1 Å². The van der Waals surface area contributed by atoms with Gasteiger partial charge in [-0.1, -0.05) is 51.2 Å². The number of aryl methyl sites for hydroxylation is 1. The molecule has 0 amide bonds. The van der Waals surface area contributed by atoms with Crippen molar-refractivity contribution in [2.24, 2.45) is 0 Å². The standard InChI is InChI=1S/C14H22O3S.K.H/c1-2-3-4-5-6-7-8-13-9-11-14(12-10-13)18(15,16)17;;/h9-12H,2-8H2,1H3,(H,15,16,17);;. The molecular weight excluding hydrogens is 287 g/mol. The summed E-state index contributed by atoms with van der Waals surface area (Å²) in [6.45, 7) is 2.21. The molecule has 0 radical (unpaired) electrons. The van der Waals surface area contributed by atoms with Crippen molar-refractivity contribution in [3.63, 3.8) is 0 Å². The first-order chi connectivity index (χ1) is 8.54. The Kier molecular flexibility index (Phi) is 10.9. The summed E-state index contributed by atoms with van der Waals surface area (Å²) in [6.07, 6.45) is 8.47. The molecule has 0 aliphatic carbocycles. The molecule has 0 spiro atoms. The SMILES string of the molecule is CCCCCCCCc1ccc(S(=O)(=O)O)cc1.[KH]. The summed E-state index contributed by atoms with van der Waals surface area (Å²) in [5.41, 5.74) is 1.12. The Morgan fingerprint density at radius 3 is 2.00 bits per heavy atom. The van der Waals surface area contributed by atoms with E-state index in [4.69, 9.17) is 4.55 Å². The van der Waals surface area contributed by atoms with Gasteiger partial charge >= 0.3 is 51.4 Å². The van der Waals surface area contributed by atoms with Gasteiger partial charge in [0.05, 0.1) is 4.90 Å². The van der Waals surface area contributed by atoms with Gasteiger partial charge in [-0.3, -0.25) is 4.55 Å². The van der Waals surface area contributed by atoms with Crippen molar-refractivity contribution in [1.82, 2.24) is 0 Å². The summed E-state index contributed by atoms with van der Waals surface area (Å²) in [5.74, 6) is 0. The van der Waals surface area contributed by atoms with Crippen LogP contribution in [-0.4, -0.2) is 64.4 Å². The molecule has 0 aromatic heterocycles. The summed E-state index contributed by atoms with van der Waals surface area (Å²) in [6, 6.07) is 6.47. The van der Waals surface area contributed by atoms with Crippen LogP contribution in [0, 0.1) is 0 Å². The van der Waals surface area contributed by atoms with E-state index in [-0.39, 0.29) is 56.3 Å². The molecule has 0 saturated heterocycles. The second-order valence-corrected chi connectivity index (χ2v) is 6.06. The first kappa shape index (κ1) is 19.8. The summed E-state index contributed by atoms with van der Waals surface area (Å²) in [5, 5.41) is 0. The van der Waals surface area contributed by atoms with Crippen molar-refractivity contribution in [3.8, 4) is 0 Å². The van der Waals surface area contributed by atoms with Gasteiger partial charge < -0.3 is 0 Å². The second-order valence-electron chi connectivity index (χ2n) is 4.64. The minimum atomic E-state index is -4.06. The van der Waals surface area contributed by atoms with Crippen LogP contribution in [0.3, 0.4) is 0 Å². The van der Waals surface area contributed by atoms with Crippen molar-refractivity contribution in [2.75, 3.05) is 0 Å². The minimum absolute atomic E-state index is 0. The summed E-state index contributed by atoms with van der Waals surface area (Å²) >= 11 is 0. The van der Waals surface area contributed by atoms with E-state index in [1.807, 2.05) is 0 Å². The monoisotopic (exact) mass is 310 g/mol. The van der Waals surface area contributed by atoms with Crippen molar-refractivity contribution in [1.29, 1.82) is 0 Å². The fourth-order valence-electron chi connectivity index (χ4n) is 1.94. The van der Waals surface area contributed by atoms with Gasteiger partial charge in [0.2, 0.25) is 0 Å². The predicted molar refractivity (Wildman–Crippen MR) is 80.5 cm³/mol. The van der Waals surface area contributed by atoms with Crippen molar-refractivity contribution in [3.05, 3.63) is 29.8 Å². The molecule has 1 rings (SSSR count). The van der Waals surface area contributed by atoms with Gasteiger partial charge in [0.1, 0.15) is 0 Å². The first-order valence-corrected chi connectivity index (χ1v) is 8.04. The van der Waals surface area contributed by atoms with Crippen LogP contribution in [0.4, 0.5) is 0 Å². The Morgan fingerprint density at radius 2 is 1.47 bits per heavy atom. The van der Waals surface area contributed by atoms with Gasteiger partial charge in [0.25, 0.3) is 10.1 Å². The van der Waals surface area contributed by atoms with Gasteiger partial charge in [0, 0.05) is 0 Å².